The van der Waals surface area contributed by atoms with E-state index in [1.165, 1.54) is 5.57 Å². The van der Waals surface area contributed by atoms with Crippen LogP contribution in [0.25, 0.3) is 11.1 Å². The van der Waals surface area contributed by atoms with Crippen molar-refractivity contribution in [3.05, 3.63) is 83.0 Å². The van der Waals surface area contributed by atoms with Gasteiger partial charge in [0.05, 0.1) is 5.71 Å². The number of hydrogen-bond donors (Lipinski definition) is 3. The summed E-state index contributed by atoms with van der Waals surface area (Å²) >= 11 is 0. The van der Waals surface area contributed by atoms with E-state index in [0.29, 0.717) is 5.71 Å². The molecule has 0 aromatic heterocycles. The number of anilines is 2. The van der Waals surface area contributed by atoms with Crippen LogP contribution in [-0.2, 0) is 0 Å². The first kappa shape index (κ1) is 12.7. The molecule has 2 aromatic carbocycles. The van der Waals surface area contributed by atoms with Crippen molar-refractivity contribution < 1.29 is 0 Å². The van der Waals surface area contributed by atoms with Gasteiger partial charge in [0.25, 0.3) is 0 Å². The first-order valence-corrected chi connectivity index (χ1v) is 7.12. The van der Waals surface area contributed by atoms with Crippen molar-refractivity contribution in [2.75, 3.05) is 11.5 Å². The first-order valence-electron chi connectivity index (χ1n) is 7.12. The van der Waals surface area contributed by atoms with E-state index in [0.717, 1.165) is 39.2 Å². The topological polar surface area (TPSA) is 75.9 Å². The average Bonchev–Trinajstić information content (AvgIpc) is 2.81. The molecule has 2 aliphatic rings. The molecule has 106 valence electrons. The van der Waals surface area contributed by atoms with Gasteiger partial charge in [-0.25, -0.2) is 0 Å². The molecule has 0 atom stereocenters. The summed E-state index contributed by atoms with van der Waals surface area (Å²) in [6.07, 6.45) is 5.74. The molecule has 2 aliphatic carbocycles. The zero-order valence-corrected chi connectivity index (χ0v) is 11.9. The van der Waals surface area contributed by atoms with Crippen LogP contribution < -0.4 is 11.5 Å². The predicted molar refractivity (Wildman–Crippen MR) is 92.6 cm³/mol. The number of nitrogens with two attached hydrogens (primary N) is 2. The van der Waals surface area contributed by atoms with Crippen LogP contribution in [0.1, 0.15) is 16.7 Å². The molecule has 22 heavy (non-hydrogen) atoms. The minimum atomic E-state index is 0.505. The van der Waals surface area contributed by atoms with Crippen LogP contribution >= 0.6 is 0 Å². The largest absolute Gasteiger partial charge is 0.399 e. The fraction of sp³-hybridized carbons (Fsp3) is 0. The molecular formula is C19H15N3. The van der Waals surface area contributed by atoms with E-state index in [2.05, 4.69) is 6.07 Å². The lowest BCUT2D eigenvalue weighted by Crippen LogP contribution is -1.96. The number of allylic oxidation sites excluding steroid dienone is 5. The van der Waals surface area contributed by atoms with E-state index < -0.39 is 0 Å². The number of hydrogen-bond acceptors (Lipinski definition) is 3. The maximum absolute atomic E-state index is 7.90. The second-order valence-electron chi connectivity index (χ2n) is 5.56. The summed E-state index contributed by atoms with van der Waals surface area (Å²) in [5, 5.41) is 7.90. The molecule has 4 rings (SSSR count). The minimum absolute atomic E-state index is 0.505. The van der Waals surface area contributed by atoms with Crippen LogP contribution in [0.2, 0.25) is 0 Å². The highest BCUT2D eigenvalue weighted by molar-refractivity contribution is 6.18. The molecule has 3 nitrogen and oxygen atoms in total. The van der Waals surface area contributed by atoms with E-state index >= 15 is 0 Å². The van der Waals surface area contributed by atoms with Crippen LogP contribution in [-0.4, -0.2) is 5.71 Å². The van der Waals surface area contributed by atoms with Gasteiger partial charge in [0.1, 0.15) is 0 Å². The maximum atomic E-state index is 7.90. The number of benzene rings is 2. The van der Waals surface area contributed by atoms with E-state index in [1.54, 1.807) is 0 Å². The van der Waals surface area contributed by atoms with Gasteiger partial charge < -0.3 is 16.9 Å². The number of nitrogen functional groups attached to an aromatic ring is 2. The molecule has 0 spiro atoms. The second-order valence-corrected chi connectivity index (χ2v) is 5.56. The Morgan fingerprint density at radius 3 is 2.27 bits per heavy atom. The minimum Gasteiger partial charge on any atom is -0.399 e. The van der Waals surface area contributed by atoms with Gasteiger partial charge in [0.15, 0.2) is 0 Å². The third kappa shape index (κ3) is 1.79. The Morgan fingerprint density at radius 1 is 0.773 bits per heavy atom. The van der Waals surface area contributed by atoms with Gasteiger partial charge in [-0.2, -0.15) is 0 Å². The summed E-state index contributed by atoms with van der Waals surface area (Å²) in [4.78, 5) is 0. The van der Waals surface area contributed by atoms with Crippen molar-refractivity contribution in [3.8, 4) is 0 Å². The van der Waals surface area contributed by atoms with E-state index in [9.17, 15) is 0 Å². The second kappa shape index (κ2) is 4.46. The van der Waals surface area contributed by atoms with Crippen LogP contribution in [0.3, 0.4) is 0 Å². The van der Waals surface area contributed by atoms with Crippen LogP contribution in [0.15, 0.2) is 66.3 Å². The zero-order chi connectivity index (χ0) is 15.3. The fourth-order valence-corrected chi connectivity index (χ4v) is 3.09. The van der Waals surface area contributed by atoms with Gasteiger partial charge in [-0.3, -0.25) is 0 Å². The van der Waals surface area contributed by atoms with Gasteiger partial charge in [0, 0.05) is 11.4 Å². The van der Waals surface area contributed by atoms with Crippen molar-refractivity contribution in [2.45, 2.75) is 0 Å². The Hall–Kier alpha value is -3.07. The SMILES string of the molecule is N=C1C=CC2=C(c3ccc(N)cc3)c3ccc(N)cc3C2=C1. The third-order valence-corrected chi connectivity index (χ3v) is 4.09. The van der Waals surface area contributed by atoms with Crippen molar-refractivity contribution >= 4 is 28.2 Å². The Bertz CT molecular complexity index is 897. The molecule has 0 amide bonds. The normalized spacial score (nSPS) is 15.6. The van der Waals surface area contributed by atoms with Gasteiger partial charge >= 0.3 is 0 Å². The molecule has 0 radical (unpaired) electrons. The standard InChI is InChI=1S/C19H15N3/c20-12-3-1-11(2-4-12)19-15-7-5-13(21)9-17(15)18-10-14(22)6-8-16(18)19/h1-10,21H,20,22H2. The lowest BCUT2D eigenvalue weighted by Gasteiger charge is -2.09. The Balaban J connectivity index is 2.02. The summed E-state index contributed by atoms with van der Waals surface area (Å²) in [5.41, 5.74) is 20.5. The molecule has 0 unspecified atom stereocenters. The highest BCUT2D eigenvalue weighted by atomic mass is 14.5. The van der Waals surface area contributed by atoms with Crippen LogP contribution in [0.5, 0.6) is 0 Å². The van der Waals surface area contributed by atoms with Gasteiger partial charge in [-0.05, 0) is 69.8 Å². The van der Waals surface area contributed by atoms with Crippen molar-refractivity contribution in [2.24, 2.45) is 0 Å². The highest BCUT2D eigenvalue weighted by Crippen LogP contribution is 2.46. The first-order chi connectivity index (χ1) is 10.6. The monoisotopic (exact) mass is 285 g/mol. The summed E-state index contributed by atoms with van der Waals surface area (Å²) < 4.78 is 0. The number of nitrogens with one attached hydrogen (secondary N) is 1. The molecule has 0 saturated carbocycles. The third-order valence-electron chi connectivity index (χ3n) is 4.09. The lowest BCUT2D eigenvalue weighted by molar-refractivity contribution is 1.52. The Labute approximate surface area is 128 Å². The summed E-state index contributed by atoms with van der Waals surface area (Å²) in [7, 11) is 0. The smallest absolute Gasteiger partial charge is 0.0546 e. The van der Waals surface area contributed by atoms with Crippen molar-refractivity contribution in [3.63, 3.8) is 0 Å². The molecule has 0 aliphatic heterocycles. The molecule has 0 fully saturated rings. The Morgan fingerprint density at radius 2 is 1.50 bits per heavy atom. The van der Waals surface area contributed by atoms with Gasteiger partial charge in [0.2, 0.25) is 0 Å². The average molecular weight is 285 g/mol. The molecule has 0 saturated heterocycles. The zero-order valence-electron chi connectivity index (χ0n) is 11.9. The summed E-state index contributed by atoms with van der Waals surface area (Å²) in [6, 6.07) is 13.9. The summed E-state index contributed by atoms with van der Waals surface area (Å²) in [5.74, 6) is 0. The van der Waals surface area contributed by atoms with E-state index in [-0.39, 0.29) is 0 Å². The molecule has 3 heteroatoms. The molecule has 5 N–H and O–H groups in total. The molecule has 0 bridgehead atoms. The van der Waals surface area contributed by atoms with E-state index in [1.807, 2.05) is 54.6 Å². The molecule has 2 aromatic rings. The van der Waals surface area contributed by atoms with Gasteiger partial charge in [-0.1, -0.05) is 24.3 Å². The number of fused-ring (bicyclic) bond motifs is 3. The quantitative estimate of drug-likeness (QED) is 0.700. The Kier molecular flexibility index (Phi) is 2.57. The lowest BCUT2D eigenvalue weighted by atomic mass is 9.95. The summed E-state index contributed by atoms with van der Waals surface area (Å²) in [6.45, 7) is 0. The predicted octanol–water partition coefficient (Wildman–Crippen LogP) is 3.64. The van der Waals surface area contributed by atoms with E-state index in [4.69, 9.17) is 16.9 Å². The van der Waals surface area contributed by atoms with Crippen molar-refractivity contribution in [1.29, 1.82) is 5.41 Å². The number of rotatable bonds is 1. The molecule has 0 heterocycles. The van der Waals surface area contributed by atoms with Crippen LogP contribution in [0.4, 0.5) is 11.4 Å². The van der Waals surface area contributed by atoms with Gasteiger partial charge in [-0.15, -0.1) is 0 Å². The van der Waals surface area contributed by atoms with Crippen LogP contribution in [0, 0.1) is 5.41 Å². The highest BCUT2D eigenvalue weighted by Gasteiger charge is 2.27. The molecular weight excluding hydrogens is 270 g/mol. The fourth-order valence-electron chi connectivity index (χ4n) is 3.09. The van der Waals surface area contributed by atoms with Crippen molar-refractivity contribution in [1.82, 2.24) is 0 Å². The maximum Gasteiger partial charge on any atom is 0.0546 e.